The van der Waals surface area contributed by atoms with Crippen molar-refractivity contribution in [3.8, 4) is 0 Å². The van der Waals surface area contributed by atoms with Crippen molar-refractivity contribution in [1.82, 2.24) is 0 Å². The fourth-order valence-electron chi connectivity index (χ4n) is 1.72. The molecule has 82 valence electrons. The van der Waals surface area contributed by atoms with Gasteiger partial charge in [-0.05, 0) is 19.3 Å². The van der Waals surface area contributed by atoms with Gasteiger partial charge in [-0.3, -0.25) is 4.79 Å². The molecule has 0 heterocycles. The monoisotopic (exact) mass is 201 g/mol. The van der Waals surface area contributed by atoms with Crippen LogP contribution in [0, 0.1) is 5.92 Å². The van der Waals surface area contributed by atoms with E-state index in [2.05, 4.69) is 0 Å². The lowest BCUT2D eigenvalue weighted by Gasteiger charge is -2.09. The minimum absolute atomic E-state index is 0.0348. The molecule has 2 unspecified atom stereocenters. The molecule has 2 N–H and O–H groups in total. The van der Waals surface area contributed by atoms with E-state index in [9.17, 15) is 4.79 Å². The predicted molar refractivity (Wildman–Crippen MR) is 52.8 cm³/mol. The van der Waals surface area contributed by atoms with Crippen LogP contribution in [-0.2, 0) is 14.3 Å². The van der Waals surface area contributed by atoms with Crippen molar-refractivity contribution in [2.75, 3.05) is 20.3 Å². The first-order chi connectivity index (χ1) is 6.74. The van der Waals surface area contributed by atoms with Gasteiger partial charge < -0.3 is 15.2 Å². The molecule has 0 aromatic carbocycles. The smallest absolute Gasteiger partial charge is 0.308 e. The predicted octanol–water partition coefficient (Wildman–Crippen LogP) is 0.694. The van der Waals surface area contributed by atoms with Gasteiger partial charge in [0.25, 0.3) is 0 Å². The number of rotatable bonds is 5. The standard InChI is InChI=1S/C10H19NO3/c1-13-5-2-6-14-10(12)8-3-4-9(11)7-8/h8-9H,2-7,11H2,1H3. The summed E-state index contributed by atoms with van der Waals surface area (Å²) in [5.74, 6) is -0.0541. The molecule has 1 aliphatic carbocycles. The normalized spacial score (nSPS) is 26.4. The Labute approximate surface area is 84.7 Å². The topological polar surface area (TPSA) is 61.5 Å². The lowest BCUT2D eigenvalue weighted by molar-refractivity contribution is -0.148. The van der Waals surface area contributed by atoms with Gasteiger partial charge in [0.1, 0.15) is 0 Å². The van der Waals surface area contributed by atoms with Crippen LogP contribution in [0.25, 0.3) is 0 Å². The number of ether oxygens (including phenoxy) is 2. The zero-order chi connectivity index (χ0) is 10.4. The molecule has 2 atom stereocenters. The Balaban J connectivity index is 2.09. The Hall–Kier alpha value is -0.610. The van der Waals surface area contributed by atoms with E-state index in [1.54, 1.807) is 7.11 Å². The fraction of sp³-hybridized carbons (Fsp3) is 0.900. The Morgan fingerprint density at radius 2 is 2.21 bits per heavy atom. The Morgan fingerprint density at radius 3 is 2.79 bits per heavy atom. The van der Waals surface area contributed by atoms with E-state index in [0.717, 1.165) is 25.7 Å². The molecule has 0 saturated heterocycles. The molecule has 0 aromatic heterocycles. The van der Waals surface area contributed by atoms with E-state index in [1.807, 2.05) is 0 Å². The highest BCUT2D eigenvalue weighted by Crippen LogP contribution is 2.25. The second-order valence-corrected chi connectivity index (χ2v) is 3.78. The number of carbonyl (C=O) groups excluding carboxylic acids is 1. The van der Waals surface area contributed by atoms with E-state index >= 15 is 0 Å². The number of hydrogen-bond acceptors (Lipinski definition) is 4. The summed E-state index contributed by atoms with van der Waals surface area (Å²) in [6, 6.07) is 0.187. The van der Waals surface area contributed by atoms with E-state index in [-0.39, 0.29) is 17.9 Å². The first-order valence-electron chi connectivity index (χ1n) is 5.15. The highest BCUT2D eigenvalue weighted by atomic mass is 16.5. The minimum Gasteiger partial charge on any atom is -0.465 e. The minimum atomic E-state index is -0.0888. The Kier molecular flexibility index (Phi) is 4.90. The van der Waals surface area contributed by atoms with Crippen LogP contribution in [-0.4, -0.2) is 32.3 Å². The van der Waals surface area contributed by atoms with E-state index < -0.39 is 0 Å². The maximum Gasteiger partial charge on any atom is 0.308 e. The molecule has 4 nitrogen and oxygen atoms in total. The molecule has 1 saturated carbocycles. The number of nitrogens with two attached hydrogens (primary N) is 1. The van der Waals surface area contributed by atoms with Gasteiger partial charge in [-0.2, -0.15) is 0 Å². The van der Waals surface area contributed by atoms with Crippen LogP contribution in [0.2, 0.25) is 0 Å². The highest BCUT2D eigenvalue weighted by molar-refractivity contribution is 5.72. The van der Waals surface area contributed by atoms with Crippen molar-refractivity contribution < 1.29 is 14.3 Å². The van der Waals surface area contributed by atoms with Crippen molar-refractivity contribution in [2.24, 2.45) is 11.7 Å². The summed E-state index contributed by atoms with van der Waals surface area (Å²) in [4.78, 5) is 11.4. The summed E-state index contributed by atoms with van der Waals surface area (Å²) >= 11 is 0. The number of esters is 1. The van der Waals surface area contributed by atoms with Crippen molar-refractivity contribution in [1.29, 1.82) is 0 Å². The van der Waals surface area contributed by atoms with Crippen LogP contribution in [0.15, 0.2) is 0 Å². The van der Waals surface area contributed by atoms with Gasteiger partial charge in [0.05, 0.1) is 12.5 Å². The molecular formula is C10H19NO3. The van der Waals surface area contributed by atoms with Gasteiger partial charge in [-0.1, -0.05) is 0 Å². The number of carbonyl (C=O) groups is 1. The summed E-state index contributed by atoms with van der Waals surface area (Å²) in [7, 11) is 1.64. The molecule has 0 bridgehead atoms. The van der Waals surface area contributed by atoms with Crippen LogP contribution >= 0.6 is 0 Å². The van der Waals surface area contributed by atoms with Gasteiger partial charge >= 0.3 is 5.97 Å². The average Bonchev–Trinajstić information content (AvgIpc) is 2.59. The number of hydrogen-bond donors (Lipinski definition) is 1. The summed E-state index contributed by atoms with van der Waals surface area (Å²) in [6.45, 7) is 1.09. The summed E-state index contributed by atoms with van der Waals surface area (Å²) < 4.78 is 9.96. The lowest BCUT2D eigenvalue weighted by atomic mass is 10.1. The molecule has 4 heteroatoms. The van der Waals surface area contributed by atoms with Gasteiger partial charge in [0, 0.05) is 26.2 Å². The van der Waals surface area contributed by atoms with Gasteiger partial charge in [-0.25, -0.2) is 0 Å². The van der Waals surface area contributed by atoms with E-state index in [0.29, 0.717) is 13.2 Å². The van der Waals surface area contributed by atoms with Crippen LogP contribution in [0.3, 0.4) is 0 Å². The van der Waals surface area contributed by atoms with Crippen LogP contribution in [0.5, 0.6) is 0 Å². The van der Waals surface area contributed by atoms with Gasteiger partial charge in [0.2, 0.25) is 0 Å². The van der Waals surface area contributed by atoms with Gasteiger partial charge in [0.15, 0.2) is 0 Å². The SMILES string of the molecule is COCCCOC(=O)C1CCC(N)C1. The largest absolute Gasteiger partial charge is 0.465 e. The molecule has 0 aromatic rings. The van der Waals surface area contributed by atoms with E-state index in [1.165, 1.54) is 0 Å². The third kappa shape index (κ3) is 3.64. The number of methoxy groups -OCH3 is 1. The quantitative estimate of drug-likeness (QED) is 0.525. The van der Waals surface area contributed by atoms with Gasteiger partial charge in [-0.15, -0.1) is 0 Å². The second kappa shape index (κ2) is 5.98. The third-order valence-corrected chi connectivity index (χ3v) is 2.54. The maximum atomic E-state index is 11.4. The summed E-state index contributed by atoms with van der Waals surface area (Å²) in [6.07, 6.45) is 3.37. The molecule has 1 aliphatic rings. The van der Waals surface area contributed by atoms with Crippen molar-refractivity contribution in [2.45, 2.75) is 31.7 Å². The lowest BCUT2D eigenvalue weighted by Crippen LogP contribution is -2.20. The van der Waals surface area contributed by atoms with Crippen molar-refractivity contribution >= 4 is 5.97 Å². The summed E-state index contributed by atoms with van der Waals surface area (Å²) in [5, 5.41) is 0. The molecule has 1 fully saturated rings. The van der Waals surface area contributed by atoms with Crippen LogP contribution < -0.4 is 5.73 Å². The van der Waals surface area contributed by atoms with Crippen LogP contribution in [0.4, 0.5) is 0 Å². The van der Waals surface area contributed by atoms with Crippen molar-refractivity contribution in [3.05, 3.63) is 0 Å². The molecule has 0 radical (unpaired) electrons. The Bertz CT molecular complexity index is 184. The third-order valence-electron chi connectivity index (χ3n) is 2.54. The fourth-order valence-corrected chi connectivity index (χ4v) is 1.72. The average molecular weight is 201 g/mol. The molecule has 14 heavy (non-hydrogen) atoms. The molecule has 0 amide bonds. The maximum absolute atomic E-state index is 11.4. The molecule has 1 rings (SSSR count). The first-order valence-corrected chi connectivity index (χ1v) is 5.15. The molecule has 0 aliphatic heterocycles. The molecular weight excluding hydrogens is 182 g/mol. The zero-order valence-corrected chi connectivity index (χ0v) is 8.70. The first kappa shape index (κ1) is 11.5. The Morgan fingerprint density at radius 1 is 1.43 bits per heavy atom. The van der Waals surface area contributed by atoms with E-state index in [4.69, 9.17) is 15.2 Å². The second-order valence-electron chi connectivity index (χ2n) is 3.78. The summed E-state index contributed by atoms with van der Waals surface area (Å²) in [5.41, 5.74) is 5.71. The molecule has 0 spiro atoms. The van der Waals surface area contributed by atoms with Crippen molar-refractivity contribution in [3.63, 3.8) is 0 Å². The zero-order valence-electron chi connectivity index (χ0n) is 8.70. The van der Waals surface area contributed by atoms with Crippen LogP contribution in [0.1, 0.15) is 25.7 Å². The highest BCUT2D eigenvalue weighted by Gasteiger charge is 2.28.